The average Bonchev–Trinajstić information content (AvgIpc) is 2.64. The second-order valence-electron chi connectivity index (χ2n) is 8.53. The van der Waals surface area contributed by atoms with Gasteiger partial charge < -0.3 is 9.66 Å². The molecule has 0 spiro atoms. The number of unbranched alkanes of at least 4 members (excludes halogenated alkanes) is 14. The van der Waals surface area contributed by atoms with Crippen LogP contribution in [0.1, 0.15) is 136 Å². The first-order valence-electron chi connectivity index (χ1n) is 12.0. The van der Waals surface area contributed by atoms with Gasteiger partial charge in [0.25, 0.3) is 0 Å². The van der Waals surface area contributed by atoms with Gasteiger partial charge in [-0.1, -0.05) is 117 Å². The van der Waals surface area contributed by atoms with Crippen molar-refractivity contribution in [2.24, 2.45) is 0 Å². The smallest absolute Gasteiger partial charge is 0.748 e. The van der Waals surface area contributed by atoms with Crippen LogP contribution in [0.3, 0.4) is 0 Å². The summed E-state index contributed by atoms with van der Waals surface area (Å²) in [4.78, 5) is 0. The van der Waals surface area contributed by atoms with Crippen LogP contribution < -0.4 is 29.6 Å². The molecule has 170 valence electrons. The molecule has 4 nitrogen and oxygen atoms in total. The molecule has 0 aromatic heterocycles. The maximum absolute atomic E-state index is 11.5. The van der Waals surface area contributed by atoms with E-state index in [1.54, 1.807) is 0 Å². The van der Waals surface area contributed by atoms with Crippen LogP contribution in [0.2, 0.25) is 0 Å². The molecule has 0 amide bonds. The van der Waals surface area contributed by atoms with Crippen molar-refractivity contribution >= 4 is 10.1 Å². The number of aliphatic hydroxyl groups excluding tert-OH is 1. The predicted molar refractivity (Wildman–Crippen MR) is 119 cm³/mol. The Morgan fingerprint density at radius 1 is 0.655 bits per heavy atom. The molecule has 0 aromatic rings. The molecular weight excluding hydrogens is 395 g/mol. The third-order valence-corrected chi connectivity index (χ3v) is 6.96. The molecule has 0 heterocycles. The van der Waals surface area contributed by atoms with Gasteiger partial charge in [0.2, 0.25) is 0 Å². The number of aliphatic hydroxyl groups is 1. The fourth-order valence-corrected chi connectivity index (χ4v) is 4.73. The Balaban J connectivity index is 0. The van der Waals surface area contributed by atoms with Crippen molar-refractivity contribution < 1.29 is 47.6 Å². The minimum Gasteiger partial charge on any atom is -0.748 e. The molecule has 0 saturated heterocycles. The Morgan fingerprint density at radius 3 is 1.38 bits per heavy atom. The van der Waals surface area contributed by atoms with E-state index in [1.165, 1.54) is 64.2 Å². The van der Waals surface area contributed by atoms with Gasteiger partial charge in [-0.05, 0) is 19.3 Å². The summed E-state index contributed by atoms with van der Waals surface area (Å²) in [6.45, 7) is 4.39. The molecule has 0 radical (unpaired) electrons. The summed E-state index contributed by atoms with van der Waals surface area (Å²) >= 11 is 0. The van der Waals surface area contributed by atoms with Crippen molar-refractivity contribution in [2.45, 2.75) is 147 Å². The van der Waals surface area contributed by atoms with Crippen LogP contribution in [0.5, 0.6) is 0 Å². The topological polar surface area (TPSA) is 77.4 Å². The van der Waals surface area contributed by atoms with Crippen molar-refractivity contribution in [3.8, 4) is 0 Å². The van der Waals surface area contributed by atoms with Gasteiger partial charge in [0.15, 0.2) is 0 Å². The molecule has 0 aliphatic heterocycles. The number of hydrogen-bond acceptors (Lipinski definition) is 4. The van der Waals surface area contributed by atoms with Gasteiger partial charge in [-0.15, -0.1) is 0 Å². The summed E-state index contributed by atoms with van der Waals surface area (Å²) in [5.41, 5.74) is 0. The molecular formula is C23H47NaO4S. The van der Waals surface area contributed by atoms with Crippen LogP contribution in [0.15, 0.2) is 0 Å². The third kappa shape index (κ3) is 21.9. The second-order valence-corrected chi connectivity index (χ2v) is 10.2. The normalized spacial score (nSPS) is 13.8. The maximum Gasteiger partial charge on any atom is 1.00 e. The van der Waals surface area contributed by atoms with Crippen LogP contribution >= 0.6 is 0 Å². The van der Waals surface area contributed by atoms with Crippen molar-refractivity contribution in [3.63, 3.8) is 0 Å². The standard InChI is InChI=1S/C23H48O4S.Na/c1-3-5-7-9-10-11-12-13-14-16-18-20-23(28(25,26)27)21-22(24)19-17-15-8-6-4-2;/h22-24H,3-21H2,1-2H3,(H,25,26,27);/q;+1/p-1. The SMILES string of the molecule is CCCCCCCCCCCCCC(CC(O)CCCCCCC)S(=O)(=O)[O-].[Na+]. The van der Waals surface area contributed by atoms with Crippen LogP contribution in [-0.4, -0.2) is 29.4 Å². The molecule has 0 aromatic carbocycles. The first-order chi connectivity index (χ1) is 13.4. The third-order valence-electron chi connectivity index (χ3n) is 5.71. The fourth-order valence-electron chi connectivity index (χ4n) is 3.82. The Kier molecular flexibility index (Phi) is 24.4. The van der Waals surface area contributed by atoms with Crippen LogP contribution in [0.4, 0.5) is 0 Å². The minimum absolute atomic E-state index is 0. The van der Waals surface area contributed by atoms with Crippen molar-refractivity contribution in [1.29, 1.82) is 0 Å². The quantitative estimate of drug-likeness (QED) is 0.167. The maximum atomic E-state index is 11.5. The zero-order valence-electron chi connectivity index (χ0n) is 19.7. The van der Waals surface area contributed by atoms with E-state index < -0.39 is 21.5 Å². The van der Waals surface area contributed by atoms with Crippen LogP contribution in [0, 0.1) is 0 Å². The van der Waals surface area contributed by atoms with Gasteiger partial charge in [0.1, 0.15) is 0 Å². The molecule has 0 fully saturated rings. The van der Waals surface area contributed by atoms with Crippen molar-refractivity contribution in [3.05, 3.63) is 0 Å². The van der Waals surface area contributed by atoms with Crippen molar-refractivity contribution in [1.82, 2.24) is 0 Å². The first kappa shape index (κ1) is 32.1. The van der Waals surface area contributed by atoms with Gasteiger partial charge in [0.05, 0.1) is 21.5 Å². The fraction of sp³-hybridized carbons (Fsp3) is 1.00. The Bertz CT molecular complexity index is 429. The predicted octanol–water partition coefficient (Wildman–Crippen LogP) is 3.72. The first-order valence-corrected chi connectivity index (χ1v) is 13.5. The average molecular weight is 443 g/mol. The van der Waals surface area contributed by atoms with E-state index in [2.05, 4.69) is 13.8 Å². The van der Waals surface area contributed by atoms with E-state index >= 15 is 0 Å². The zero-order chi connectivity index (χ0) is 21.1. The van der Waals surface area contributed by atoms with E-state index in [4.69, 9.17) is 0 Å². The Labute approximate surface area is 204 Å². The molecule has 0 saturated carbocycles. The molecule has 1 N–H and O–H groups in total. The Morgan fingerprint density at radius 2 is 1.00 bits per heavy atom. The molecule has 0 rings (SSSR count). The summed E-state index contributed by atoms with van der Waals surface area (Å²) < 4.78 is 34.6. The van der Waals surface area contributed by atoms with E-state index in [0.717, 1.165) is 38.5 Å². The Hall–Kier alpha value is 0.870. The summed E-state index contributed by atoms with van der Waals surface area (Å²) in [7, 11) is -4.32. The summed E-state index contributed by atoms with van der Waals surface area (Å²) in [6, 6.07) is 0. The molecule has 0 aliphatic carbocycles. The zero-order valence-corrected chi connectivity index (χ0v) is 22.5. The number of hydrogen-bond donors (Lipinski definition) is 1. The van der Waals surface area contributed by atoms with Gasteiger partial charge in [-0.3, -0.25) is 0 Å². The van der Waals surface area contributed by atoms with Crippen LogP contribution in [-0.2, 0) is 10.1 Å². The summed E-state index contributed by atoms with van der Waals surface area (Å²) in [5.74, 6) is 0. The van der Waals surface area contributed by atoms with Gasteiger partial charge in [-0.25, -0.2) is 8.42 Å². The van der Waals surface area contributed by atoms with Gasteiger partial charge in [-0.2, -0.15) is 0 Å². The molecule has 0 aliphatic rings. The summed E-state index contributed by atoms with van der Waals surface area (Å²) in [5, 5.41) is 9.19. The van der Waals surface area contributed by atoms with Crippen LogP contribution in [0.25, 0.3) is 0 Å². The monoisotopic (exact) mass is 442 g/mol. The molecule has 6 heteroatoms. The molecule has 2 unspecified atom stereocenters. The van der Waals surface area contributed by atoms with Gasteiger partial charge in [0, 0.05) is 0 Å². The summed E-state index contributed by atoms with van der Waals surface area (Å²) in [6.07, 6.45) is 19.2. The molecule has 0 bridgehead atoms. The largest absolute Gasteiger partial charge is 1.00 e. The van der Waals surface area contributed by atoms with E-state index in [-0.39, 0.29) is 36.0 Å². The molecule has 29 heavy (non-hydrogen) atoms. The second kappa shape index (κ2) is 22.1. The minimum atomic E-state index is -4.32. The van der Waals surface area contributed by atoms with E-state index in [1.807, 2.05) is 0 Å². The van der Waals surface area contributed by atoms with E-state index in [0.29, 0.717) is 12.8 Å². The number of rotatable bonds is 21. The van der Waals surface area contributed by atoms with E-state index in [9.17, 15) is 18.1 Å². The molecule has 2 atom stereocenters. The van der Waals surface area contributed by atoms with Gasteiger partial charge >= 0.3 is 29.6 Å². The van der Waals surface area contributed by atoms with Crippen molar-refractivity contribution in [2.75, 3.05) is 0 Å².